The Kier molecular flexibility index (Phi) is 3.86. The first-order valence-electron chi connectivity index (χ1n) is 6.80. The summed E-state index contributed by atoms with van der Waals surface area (Å²) in [5.74, 6) is 1.14. The van der Waals surface area contributed by atoms with Gasteiger partial charge in [-0.3, -0.25) is 0 Å². The van der Waals surface area contributed by atoms with Crippen molar-refractivity contribution in [2.24, 2.45) is 0 Å². The number of nitrogens with zero attached hydrogens (tertiary/aromatic N) is 2. The zero-order valence-electron chi connectivity index (χ0n) is 11.3. The predicted octanol–water partition coefficient (Wildman–Crippen LogP) is 1.51. The van der Waals surface area contributed by atoms with Crippen molar-refractivity contribution < 1.29 is 4.74 Å². The lowest BCUT2D eigenvalue weighted by Crippen LogP contribution is -2.47. The molecule has 1 unspecified atom stereocenters. The number of nitrogens with two attached hydrogens (primary N) is 1. The summed E-state index contributed by atoms with van der Waals surface area (Å²) in [7, 11) is 2.16. The molecule has 0 saturated carbocycles. The molecular formula is C14H21N3OS. The summed E-state index contributed by atoms with van der Waals surface area (Å²) in [4.78, 5) is 6.10. The second kappa shape index (κ2) is 5.61. The maximum Gasteiger partial charge on any atom is 0.0877 e. The molecule has 0 aliphatic carbocycles. The van der Waals surface area contributed by atoms with Crippen LogP contribution in [0.3, 0.4) is 0 Å². The Balaban J connectivity index is 1.74. The van der Waals surface area contributed by atoms with Crippen molar-refractivity contribution in [3.63, 3.8) is 0 Å². The minimum Gasteiger partial charge on any atom is -0.399 e. The Morgan fingerprint density at radius 3 is 3.16 bits per heavy atom. The molecule has 2 aliphatic heterocycles. The molecule has 104 valence electrons. The van der Waals surface area contributed by atoms with E-state index in [1.54, 1.807) is 0 Å². The average molecular weight is 279 g/mol. The minimum absolute atomic E-state index is 0.302. The van der Waals surface area contributed by atoms with E-state index in [-0.39, 0.29) is 0 Å². The van der Waals surface area contributed by atoms with Crippen molar-refractivity contribution in [3.05, 3.63) is 18.2 Å². The van der Waals surface area contributed by atoms with E-state index in [2.05, 4.69) is 29.0 Å². The maximum absolute atomic E-state index is 5.92. The second-order valence-corrected chi connectivity index (χ2v) is 6.41. The van der Waals surface area contributed by atoms with Gasteiger partial charge in [-0.25, -0.2) is 0 Å². The van der Waals surface area contributed by atoms with Gasteiger partial charge in [-0.1, -0.05) is 0 Å². The summed E-state index contributed by atoms with van der Waals surface area (Å²) in [6.45, 7) is 4.93. The summed E-state index contributed by atoms with van der Waals surface area (Å²) < 4.78 is 5.87. The molecule has 1 atom stereocenters. The van der Waals surface area contributed by atoms with E-state index in [4.69, 9.17) is 10.5 Å². The quantitative estimate of drug-likeness (QED) is 0.831. The SMILES string of the molecule is CN1CCOC(CN2CCSc3ccc(N)cc32)C1. The topological polar surface area (TPSA) is 41.7 Å². The van der Waals surface area contributed by atoms with Crippen LogP contribution in [0.2, 0.25) is 0 Å². The lowest BCUT2D eigenvalue weighted by atomic mass is 10.2. The van der Waals surface area contributed by atoms with Crippen molar-refractivity contribution in [1.29, 1.82) is 0 Å². The van der Waals surface area contributed by atoms with Gasteiger partial charge < -0.3 is 20.3 Å². The van der Waals surface area contributed by atoms with Crippen LogP contribution >= 0.6 is 11.8 Å². The molecule has 1 saturated heterocycles. The third-order valence-corrected chi connectivity index (χ3v) is 4.75. The molecule has 0 radical (unpaired) electrons. The third-order valence-electron chi connectivity index (χ3n) is 3.71. The van der Waals surface area contributed by atoms with E-state index in [1.165, 1.54) is 10.6 Å². The average Bonchev–Trinajstić information content (AvgIpc) is 2.39. The first-order valence-corrected chi connectivity index (χ1v) is 7.78. The van der Waals surface area contributed by atoms with E-state index < -0.39 is 0 Å². The number of fused-ring (bicyclic) bond motifs is 1. The number of anilines is 2. The monoisotopic (exact) mass is 279 g/mol. The van der Waals surface area contributed by atoms with Crippen molar-refractivity contribution >= 4 is 23.1 Å². The molecule has 1 fully saturated rings. The fraction of sp³-hybridized carbons (Fsp3) is 0.571. The van der Waals surface area contributed by atoms with Crippen LogP contribution in [0.5, 0.6) is 0 Å². The van der Waals surface area contributed by atoms with Crippen LogP contribution in [0, 0.1) is 0 Å². The van der Waals surface area contributed by atoms with Gasteiger partial charge in [0.25, 0.3) is 0 Å². The molecule has 1 aromatic rings. The molecule has 2 aliphatic rings. The Hall–Kier alpha value is -0.910. The van der Waals surface area contributed by atoms with Crippen LogP contribution in [0.4, 0.5) is 11.4 Å². The van der Waals surface area contributed by atoms with Gasteiger partial charge in [0.05, 0.1) is 18.4 Å². The summed E-state index contributed by atoms with van der Waals surface area (Å²) in [5, 5.41) is 0. The molecule has 1 aromatic carbocycles. The van der Waals surface area contributed by atoms with E-state index in [0.29, 0.717) is 6.10 Å². The fourth-order valence-electron chi connectivity index (χ4n) is 2.70. The highest BCUT2D eigenvalue weighted by atomic mass is 32.2. The number of likely N-dealkylation sites (N-methyl/N-ethyl adjacent to an activating group) is 1. The highest BCUT2D eigenvalue weighted by Crippen LogP contribution is 2.36. The van der Waals surface area contributed by atoms with Crippen LogP contribution in [-0.4, -0.2) is 56.6 Å². The van der Waals surface area contributed by atoms with Gasteiger partial charge in [0.15, 0.2) is 0 Å². The number of rotatable bonds is 2. The third kappa shape index (κ3) is 2.99. The summed E-state index contributed by atoms with van der Waals surface area (Å²) in [6, 6.07) is 6.21. The maximum atomic E-state index is 5.92. The molecule has 2 heterocycles. The standard InChI is InChI=1S/C14H21N3OS/c1-16-4-6-18-12(9-16)10-17-5-7-19-14-3-2-11(15)8-13(14)17/h2-3,8,12H,4-7,9-10,15H2,1H3. The van der Waals surface area contributed by atoms with E-state index in [9.17, 15) is 0 Å². The molecule has 19 heavy (non-hydrogen) atoms. The van der Waals surface area contributed by atoms with E-state index in [1.807, 2.05) is 17.8 Å². The van der Waals surface area contributed by atoms with Gasteiger partial charge in [0.1, 0.15) is 0 Å². The van der Waals surface area contributed by atoms with Gasteiger partial charge in [0.2, 0.25) is 0 Å². The number of morpholine rings is 1. The molecule has 0 aromatic heterocycles. The summed E-state index contributed by atoms with van der Waals surface area (Å²) in [5.41, 5.74) is 8.04. The first-order chi connectivity index (χ1) is 9.22. The first kappa shape index (κ1) is 13.1. The molecule has 0 bridgehead atoms. The fourth-order valence-corrected chi connectivity index (χ4v) is 3.73. The van der Waals surface area contributed by atoms with Gasteiger partial charge in [-0.15, -0.1) is 11.8 Å². The number of ether oxygens (including phenoxy) is 1. The molecule has 5 heteroatoms. The van der Waals surface area contributed by atoms with Gasteiger partial charge in [-0.2, -0.15) is 0 Å². The zero-order chi connectivity index (χ0) is 13.2. The van der Waals surface area contributed by atoms with Gasteiger partial charge in [-0.05, 0) is 25.2 Å². The van der Waals surface area contributed by atoms with Crippen LogP contribution in [0.15, 0.2) is 23.1 Å². The van der Waals surface area contributed by atoms with Crippen molar-refractivity contribution in [2.75, 3.05) is 56.2 Å². The molecule has 2 N–H and O–H groups in total. The second-order valence-electron chi connectivity index (χ2n) is 5.28. The lowest BCUT2D eigenvalue weighted by Gasteiger charge is -2.37. The van der Waals surface area contributed by atoms with Crippen LogP contribution in [0.25, 0.3) is 0 Å². The Bertz CT molecular complexity index is 454. The highest BCUT2D eigenvalue weighted by molar-refractivity contribution is 7.99. The van der Waals surface area contributed by atoms with Gasteiger partial charge >= 0.3 is 0 Å². The normalized spacial score (nSPS) is 24.3. The van der Waals surface area contributed by atoms with Crippen LogP contribution in [-0.2, 0) is 4.74 Å². The zero-order valence-corrected chi connectivity index (χ0v) is 12.2. The van der Waals surface area contributed by atoms with Crippen LogP contribution in [0.1, 0.15) is 0 Å². The van der Waals surface area contributed by atoms with Crippen molar-refractivity contribution in [1.82, 2.24) is 4.90 Å². The Labute approximate surface area is 118 Å². The summed E-state index contributed by atoms with van der Waals surface area (Å²) >= 11 is 1.92. The Morgan fingerprint density at radius 1 is 1.42 bits per heavy atom. The molecule has 3 rings (SSSR count). The number of thioether (sulfide) groups is 1. The summed E-state index contributed by atoms with van der Waals surface area (Å²) in [6.07, 6.45) is 0.302. The predicted molar refractivity (Wildman–Crippen MR) is 81.0 cm³/mol. The minimum atomic E-state index is 0.302. The Morgan fingerprint density at radius 2 is 2.32 bits per heavy atom. The number of hydrogen-bond acceptors (Lipinski definition) is 5. The van der Waals surface area contributed by atoms with Gasteiger partial charge in [0, 0.05) is 42.5 Å². The smallest absolute Gasteiger partial charge is 0.0877 e. The number of benzene rings is 1. The number of nitrogen functional groups attached to an aromatic ring is 1. The molecule has 4 nitrogen and oxygen atoms in total. The van der Waals surface area contributed by atoms with Crippen LogP contribution < -0.4 is 10.6 Å². The van der Waals surface area contributed by atoms with Crippen molar-refractivity contribution in [3.8, 4) is 0 Å². The van der Waals surface area contributed by atoms with E-state index >= 15 is 0 Å². The molecule has 0 amide bonds. The lowest BCUT2D eigenvalue weighted by molar-refractivity contribution is -0.0147. The van der Waals surface area contributed by atoms with Crippen molar-refractivity contribution in [2.45, 2.75) is 11.0 Å². The number of hydrogen-bond donors (Lipinski definition) is 1. The molecular weight excluding hydrogens is 258 g/mol. The molecule has 0 spiro atoms. The van der Waals surface area contributed by atoms with E-state index in [0.717, 1.165) is 44.2 Å². The largest absolute Gasteiger partial charge is 0.399 e. The highest BCUT2D eigenvalue weighted by Gasteiger charge is 2.24.